The monoisotopic (exact) mass is 194 g/mol. The predicted molar refractivity (Wildman–Crippen MR) is 49.3 cm³/mol. The lowest BCUT2D eigenvalue weighted by molar-refractivity contribution is -0.162. The minimum absolute atomic E-state index is 0.0223. The van der Waals surface area contributed by atoms with Crippen LogP contribution in [0, 0.1) is 16.7 Å². The van der Waals surface area contributed by atoms with E-state index in [1.165, 1.54) is 6.42 Å². The minimum Gasteiger partial charge on any atom is -0.377 e. The average molecular weight is 194 g/mol. The van der Waals surface area contributed by atoms with Gasteiger partial charge in [0, 0.05) is 13.1 Å². The second-order valence-corrected chi connectivity index (χ2v) is 4.04. The second-order valence-electron chi connectivity index (χ2n) is 4.04. The van der Waals surface area contributed by atoms with Crippen LogP contribution in [0.5, 0.6) is 0 Å². The summed E-state index contributed by atoms with van der Waals surface area (Å²) in [7, 11) is 0. The lowest BCUT2D eigenvalue weighted by atomic mass is 9.85. The number of ether oxygens (including phenoxy) is 1. The van der Waals surface area contributed by atoms with Gasteiger partial charge in [0.2, 0.25) is 5.91 Å². The number of hydrogen-bond acceptors (Lipinski definition) is 3. The Kier molecular flexibility index (Phi) is 2.42. The first kappa shape index (κ1) is 9.47. The molecule has 4 heteroatoms. The van der Waals surface area contributed by atoms with Gasteiger partial charge in [-0.2, -0.15) is 5.26 Å². The molecule has 0 aliphatic carbocycles. The Balaban J connectivity index is 2.03. The first-order valence-corrected chi connectivity index (χ1v) is 5.07. The number of nitriles is 1. The summed E-state index contributed by atoms with van der Waals surface area (Å²) in [6.45, 7) is 2.17. The van der Waals surface area contributed by atoms with Crippen LogP contribution in [0.2, 0.25) is 0 Å². The Morgan fingerprint density at radius 3 is 2.36 bits per heavy atom. The molecule has 0 atom stereocenters. The molecular weight excluding hydrogens is 180 g/mol. The molecule has 0 unspecified atom stereocenters. The summed E-state index contributed by atoms with van der Waals surface area (Å²) < 4.78 is 4.97. The number of carbonyl (C=O) groups excluding carboxylic acids is 1. The Morgan fingerprint density at radius 1 is 1.29 bits per heavy atom. The summed E-state index contributed by atoms with van der Waals surface area (Å²) >= 11 is 0. The van der Waals surface area contributed by atoms with Crippen molar-refractivity contribution in [3.63, 3.8) is 0 Å². The molecule has 2 saturated heterocycles. The zero-order chi connectivity index (χ0) is 10.0. The molecule has 0 aromatic carbocycles. The number of nitrogens with zero attached hydrogens (tertiary/aromatic N) is 2. The van der Waals surface area contributed by atoms with Gasteiger partial charge in [-0.05, 0) is 19.3 Å². The van der Waals surface area contributed by atoms with Crippen molar-refractivity contribution in [1.82, 2.24) is 4.90 Å². The van der Waals surface area contributed by atoms with Crippen LogP contribution in [0.4, 0.5) is 0 Å². The first-order valence-electron chi connectivity index (χ1n) is 5.07. The summed E-state index contributed by atoms with van der Waals surface area (Å²) in [5.74, 6) is -0.0223. The third-order valence-corrected chi connectivity index (χ3v) is 2.96. The van der Waals surface area contributed by atoms with Gasteiger partial charge in [0.25, 0.3) is 0 Å². The van der Waals surface area contributed by atoms with Gasteiger partial charge in [-0.25, -0.2) is 0 Å². The molecule has 0 aromatic rings. The fraction of sp³-hybridized carbons (Fsp3) is 0.800. The van der Waals surface area contributed by atoms with Crippen LogP contribution in [-0.4, -0.2) is 37.1 Å². The normalized spacial score (nSPS) is 24.9. The Hall–Kier alpha value is -1.08. The molecule has 0 spiro atoms. The van der Waals surface area contributed by atoms with Gasteiger partial charge in [0.15, 0.2) is 5.41 Å². The van der Waals surface area contributed by atoms with Gasteiger partial charge in [0.1, 0.15) is 0 Å². The molecule has 14 heavy (non-hydrogen) atoms. The maximum atomic E-state index is 12.0. The molecule has 2 aliphatic heterocycles. The number of hydrogen-bond donors (Lipinski definition) is 0. The van der Waals surface area contributed by atoms with E-state index < -0.39 is 5.41 Å². The highest BCUT2D eigenvalue weighted by Gasteiger charge is 2.48. The zero-order valence-corrected chi connectivity index (χ0v) is 8.16. The molecule has 0 saturated carbocycles. The van der Waals surface area contributed by atoms with Crippen molar-refractivity contribution in [2.24, 2.45) is 5.41 Å². The first-order chi connectivity index (χ1) is 6.78. The number of likely N-dealkylation sites (tertiary alicyclic amines) is 1. The van der Waals surface area contributed by atoms with E-state index in [4.69, 9.17) is 10.00 Å². The number of piperidine rings is 1. The fourth-order valence-electron chi connectivity index (χ4n) is 1.94. The highest BCUT2D eigenvalue weighted by Crippen LogP contribution is 2.30. The van der Waals surface area contributed by atoms with Crippen LogP contribution >= 0.6 is 0 Å². The van der Waals surface area contributed by atoms with Gasteiger partial charge >= 0.3 is 0 Å². The maximum absolute atomic E-state index is 12.0. The van der Waals surface area contributed by atoms with Crippen molar-refractivity contribution in [2.75, 3.05) is 26.3 Å². The van der Waals surface area contributed by atoms with Crippen molar-refractivity contribution < 1.29 is 9.53 Å². The van der Waals surface area contributed by atoms with E-state index in [-0.39, 0.29) is 19.1 Å². The van der Waals surface area contributed by atoms with E-state index in [2.05, 4.69) is 6.07 Å². The van der Waals surface area contributed by atoms with Crippen molar-refractivity contribution >= 4 is 5.91 Å². The molecule has 0 N–H and O–H groups in total. The van der Waals surface area contributed by atoms with Crippen LogP contribution in [0.15, 0.2) is 0 Å². The van der Waals surface area contributed by atoms with E-state index in [0.29, 0.717) is 0 Å². The quantitative estimate of drug-likeness (QED) is 0.612. The molecule has 76 valence electrons. The van der Waals surface area contributed by atoms with E-state index in [9.17, 15) is 4.79 Å². The largest absolute Gasteiger partial charge is 0.377 e. The summed E-state index contributed by atoms with van der Waals surface area (Å²) in [5.41, 5.74) is -0.850. The third-order valence-electron chi connectivity index (χ3n) is 2.96. The van der Waals surface area contributed by atoms with Gasteiger partial charge < -0.3 is 9.64 Å². The summed E-state index contributed by atoms with van der Waals surface area (Å²) in [4.78, 5) is 13.8. The Bertz CT molecular complexity index is 272. The highest BCUT2D eigenvalue weighted by atomic mass is 16.5. The van der Waals surface area contributed by atoms with Crippen LogP contribution in [0.3, 0.4) is 0 Å². The van der Waals surface area contributed by atoms with Crippen molar-refractivity contribution in [2.45, 2.75) is 19.3 Å². The molecule has 1 amide bonds. The van der Waals surface area contributed by atoms with Gasteiger partial charge in [0.05, 0.1) is 19.3 Å². The molecule has 0 bridgehead atoms. The molecule has 2 aliphatic rings. The third kappa shape index (κ3) is 1.38. The van der Waals surface area contributed by atoms with Gasteiger partial charge in [-0.3, -0.25) is 4.79 Å². The zero-order valence-electron chi connectivity index (χ0n) is 8.16. The standard InChI is InChI=1S/C10H14N2O2/c11-6-10(7-14-8-10)9(13)12-4-2-1-3-5-12/h1-5,7-8H2. The summed E-state index contributed by atoms with van der Waals surface area (Å²) in [5, 5.41) is 8.96. The van der Waals surface area contributed by atoms with Crippen LogP contribution < -0.4 is 0 Å². The van der Waals surface area contributed by atoms with Crippen LogP contribution in [0.25, 0.3) is 0 Å². The molecule has 0 radical (unpaired) electrons. The number of carbonyl (C=O) groups is 1. The van der Waals surface area contributed by atoms with Crippen molar-refractivity contribution in [3.05, 3.63) is 0 Å². The highest BCUT2D eigenvalue weighted by molar-refractivity contribution is 5.86. The van der Waals surface area contributed by atoms with Crippen molar-refractivity contribution in [3.8, 4) is 6.07 Å². The summed E-state index contributed by atoms with van der Waals surface area (Å²) in [6.07, 6.45) is 3.32. The van der Waals surface area contributed by atoms with E-state index in [1.54, 1.807) is 0 Å². The smallest absolute Gasteiger partial charge is 0.247 e. The van der Waals surface area contributed by atoms with Crippen LogP contribution in [0.1, 0.15) is 19.3 Å². The Morgan fingerprint density at radius 2 is 1.93 bits per heavy atom. The lowest BCUT2D eigenvalue weighted by Crippen LogP contribution is -2.55. The topological polar surface area (TPSA) is 53.3 Å². The van der Waals surface area contributed by atoms with E-state index >= 15 is 0 Å². The SMILES string of the molecule is N#CC1(C(=O)N2CCCCC2)COC1. The van der Waals surface area contributed by atoms with Gasteiger partial charge in [-0.15, -0.1) is 0 Å². The average Bonchev–Trinajstić information content (AvgIpc) is 2.18. The van der Waals surface area contributed by atoms with E-state index in [0.717, 1.165) is 25.9 Å². The van der Waals surface area contributed by atoms with Crippen LogP contribution in [-0.2, 0) is 9.53 Å². The van der Waals surface area contributed by atoms with Crippen molar-refractivity contribution in [1.29, 1.82) is 5.26 Å². The predicted octanol–water partition coefficient (Wildman–Crippen LogP) is 0.539. The molecule has 2 fully saturated rings. The molecule has 0 aromatic heterocycles. The molecule has 4 nitrogen and oxygen atoms in total. The second kappa shape index (κ2) is 3.58. The van der Waals surface area contributed by atoms with E-state index in [1.807, 2.05) is 4.90 Å². The van der Waals surface area contributed by atoms with Gasteiger partial charge in [-0.1, -0.05) is 0 Å². The Labute approximate surface area is 83.4 Å². The lowest BCUT2D eigenvalue weighted by Gasteiger charge is -2.39. The molecular formula is C10H14N2O2. The molecule has 2 heterocycles. The summed E-state index contributed by atoms with van der Waals surface area (Å²) in [6, 6.07) is 2.10. The fourth-order valence-corrected chi connectivity index (χ4v) is 1.94. The maximum Gasteiger partial charge on any atom is 0.247 e. The number of amides is 1. The number of rotatable bonds is 1. The molecule has 2 rings (SSSR count). The minimum atomic E-state index is -0.850.